The Hall–Kier alpha value is -0.330. The highest BCUT2D eigenvalue weighted by atomic mass is 19.4. The van der Waals surface area contributed by atoms with Crippen molar-refractivity contribution in [1.82, 2.24) is 9.80 Å². The van der Waals surface area contributed by atoms with Crippen LogP contribution in [0.3, 0.4) is 0 Å². The molecular formula is C12H21F3N2O. The molecular weight excluding hydrogens is 245 g/mol. The van der Waals surface area contributed by atoms with Crippen LogP contribution in [0.4, 0.5) is 13.2 Å². The van der Waals surface area contributed by atoms with Crippen molar-refractivity contribution in [2.75, 3.05) is 26.2 Å². The van der Waals surface area contributed by atoms with E-state index in [9.17, 15) is 13.2 Å². The summed E-state index contributed by atoms with van der Waals surface area (Å²) in [4.78, 5) is 4.62. The highest BCUT2D eigenvalue weighted by molar-refractivity contribution is 4.97. The summed E-state index contributed by atoms with van der Waals surface area (Å²) in [7, 11) is 0. The van der Waals surface area contributed by atoms with Crippen molar-refractivity contribution < 1.29 is 17.9 Å². The molecule has 0 aromatic heterocycles. The molecule has 106 valence electrons. The number of hydrogen-bond donors (Lipinski definition) is 0. The van der Waals surface area contributed by atoms with Crippen molar-refractivity contribution in [1.29, 1.82) is 0 Å². The lowest BCUT2D eigenvalue weighted by atomic mass is 10.1. The lowest BCUT2D eigenvalue weighted by Gasteiger charge is -2.43. The van der Waals surface area contributed by atoms with E-state index in [0.717, 1.165) is 13.1 Å². The standard InChI is InChI=1S/C12H21F3N2O/c1-9(2)17-10-3-4-11(17)8-16(7-10)5-6-18-12(13,14)15/h9-11H,3-8H2,1-2H3. The van der Waals surface area contributed by atoms with Crippen LogP contribution < -0.4 is 0 Å². The second kappa shape index (κ2) is 5.35. The van der Waals surface area contributed by atoms with Gasteiger partial charge in [-0.3, -0.25) is 14.5 Å². The first-order chi connectivity index (χ1) is 8.37. The number of nitrogens with zero attached hydrogens (tertiary/aromatic N) is 2. The van der Waals surface area contributed by atoms with Gasteiger partial charge in [0, 0.05) is 37.8 Å². The molecule has 0 amide bonds. The smallest absolute Gasteiger partial charge is 0.298 e. The zero-order valence-corrected chi connectivity index (χ0v) is 10.9. The van der Waals surface area contributed by atoms with Crippen LogP contribution in [0.5, 0.6) is 0 Å². The van der Waals surface area contributed by atoms with Gasteiger partial charge in [0.2, 0.25) is 0 Å². The highest BCUT2D eigenvalue weighted by Crippen LogP contribution is 2.31. The van der Waals surface area contributed by atoms with Crippen LogP contribution in [-0.2, 0) is 4.74 Å². The second-order valence-corrected chi connectivity index (χ2v) is 5.48. The van der Waals surface area contributed by atoms with E-state index in [1.807, 2.05) is 0 Å². The first-order valence-corrected chi connectivity index (χ1v) is 6.57. The van der Waals surface area contributed by atoms with Crippen LogP contribution >= 0.6 is 0 Å². The van der Waals surface area contributed by atoms with E-state index in [2.05, 4.69) is 28.4 Å². The quantitative estimate of drug-likeness (QED) is 0.775. The fourth-order valence-electron chi connectivity index (χ4n) is 3.34. The molecule has 0 aliphatic carbocycles. The molecule has 2 heterocycles. The first kappa shape index (κ1) is 14.1. The second-order valence-electron chi connectivity index (χ2n) is 5.48. The van der Waals surface area contributed by atoms with E-state index >= 15 is 0 Å². The maximum absolute atomic E-state index is 11.9. The third-order valence-corrected chi connectivity index (χ3v) is 3.88. The summed E-state index contributed by atoms with van der Waals surface area (Å²) in [6, 6.07) is 1.54. The molecule has 2 bridgehead atoms. The Balaban J connectivity index is 1.78. The Kier molecular flexibility index (Phi) is 4.18. The van der Waals surface area contributed by atoms with Gasteiger partial charge in [-0.05, 0) is 26.7 Å². The van der Waals surface area contributed by atoms with Crippen LogP contribution in [0.25, 0.3) is 0 Å². The van der Waals surface area contributed by atoms with E-state index in [4.69, 9.17) is 0 Å². The van der Waals surface area contributed by atoms with Crippen molar-refractivity contribution in [3.63, 3.8) is 0 Å². The van der Waals surface area contributed by atoms with Gasteiger partial charge in [-0.25, -0.2) is 0 Å². The summed E-state index contributed by atoms with van der Waals surface area (Å²) in [6.45, 7) is 6.23. The van der Waals surface area contributed by atoms with Crippen LogP contribution in [0.2, 0.25) is 0 Å². The summed E-state index contributed by atoms with van der Waals surface area (Å²) in [6.07, 6.45) is -2.17. The van der Waals surface area contributed by atoms with Crippen molar-refractivity contribution in [2.24, 2.45) is 0 Å². The normalized spacial score (nSPS) is 30.3. The van der Waals surface area contributed by atoms with Crippen molar-refractivity contribution in [3.05, 3.63) is 0 Å². The molecule has 3 nitrogen and oxygen atoms in total. The molecule has 2 aliphatic heterocycles. The summed E-state index contributed by atoms with van der Waals surface area (Å²) >= 11 is 0. The molecule has 2 rings (SSSR count). The van der Waals surface area contributed by atoms with Crippen LogP contribution in [-0.4, -0.2) is 60.5 Å². The molecule has 2 saturated heterocycles. The number of piperazine rings is 1. The Morgan fingerprint density at radius 3 is 2.17 bits per heavy atom. The monoisotopic (exact) mass is 266 g/mol. The Labute approximate surface area is 106 Å². The predicted octanol–water partition coefficient (Wildman–Crippen LogP) is 2.08. The van der Waals surface area contributed by atoms with Gasteiger partial charge in [0.1, 0.15) is 0 Å². The lowest BCUT2D eigenvalue weighted by Crippen LogP contribution is -2.56. The molecule has 18 heavy (non-hydrogen) atoms. The van der Waals surface area contributed by atoms with Gasteiger partial charge in [0.05, 0.1) is 6.61 Å². The summed E-state index contributed by atoms with van der Waals surface area (Å²) < 4.78 is 39.5. The third kappa shape index (κ3) is 3.36. The maximum Gasteiger partial charge on any atom is 0.522 e. The Bertz CT molecular complexity index is 269. The number of hydrogen-bond acceptors (Lipinski definition) is 3. The molecule has 0 aromatic rings. The number of likely N-dealkylation sites (tertiary alicyclic amines) is 1. The molecule has 0 N–H and O–H groups in total. The zero-order valence-electron chi connectivity index (χ0n) is 10.9. The molecule has 2 aliphatic rings. The lowest BCUT2D eigenvalue weighted by molar-refractivity contribution is -0.325. The number of halogens is 3. The van der Waals surface area contributed by atoms with E-state index in [-0.39, 0.29) is 6.61 Å². The van der Waals surface area contributed by atoms with Gasteiger partial charge < -0.3 is 0 Å². The third-order valence-electron chi connectivity index (χ3n) is 3.88. The minimum Gasteiger partial charge on any atom is -0.298 e. The van der Waals surface area contributed by atoms with E-state index in [0.29, 0.717) is 24.7 Å². The summed E-state index contributed by atoms with van der Waals surface area (Å²) in [5.74, 6) is 0. The minimum absolute atomic E-state index is 0.259. The average Bonchev–Trinajstić information content (AvgIpc) is 2.49. The molecule has 0 aromatic carbocycles. The topological polar surface area (TPSA) is 15.7 Å². The van der Waals surface area contributed by atoms with Gasteiger partial charge in [-0.1, -0.05) is 0 Å². The fourth-order valence-corrected chi connectivity index (χ4v) is 3.34. The largest absolute Gasteiger partial charge is 0.522 e. The Morgan fingerprint density at radius 2 is 1.72 bits per heavy atom. The van der Waals surface area contributed by atoms with Crippen molar-refractivity contribution in [3.8, 4) is 0 Å². The molecule has 0 radical (unpaired) electrons. The number of rotatable bonds is 4. The molecule has 2 fully saturated rings. The Morgan fingerprint density at radius 1 is 1.17 bits per heavy atom. The van der Waals surface area contributed by atoms with Gasteiger partial charge in [-0.15, -0.1) is 13.2 Å². The number of ether oxygens (including phenoxy) is 1. The molecule has 6 heteroatoms. The summed E-state index contributed by atoms with van der Waals surface area (Å²) in [5.41, 5.74) is 0. The summed E-state index contributed by atoms with van der Waals surface area (Å²) in [5, 5.41) is 0. The number of alkyl halides is 3. The fraction of sp³-hybridized carbons (Fsp3) is 1.00. The SMILES string of the molecule is CC(C)N1C2CCC1CN(CCOC(F)(F)F)C2. The average molecular weight is 266 g/mol. The van der Waals surface area contributed by atoms with Crippen LogP contribution in [0.15, 0.2) is 0 Å². The first-order valence-electron chi connectivity index (χ1n) is 6.57. The van der Waals surface area contributed by atoms with Crippen molar-refractivity contribution in [2.45, 2.75) is 51.2 Å². The zero-order chi connectivity index (χ0) is 13.3. The highest BCUT2D eigenvalue weighted by Gasteiger charge is 2.40. The van der Waals surface area contributed by atoms with Crippen LogP contribution in [0.1, 0.15) is 26.7 Å². The molecule has 2 atom stereocenters. The van der Waals surface area contributed by atoms with Gasteiger partial charge in [0.15, 0.2) is 0 Å². The van der Waals surface area contributed by atoms with E-state index < -0.39 is 6.36 Å². The van der Waals surface area contributed by atoms with Crippen molar-refractivity contribution >= 4 is 0 Å². The molecule has 0 spiro atoms. The van der Waals surface area contributed by atoms with Gasteiger partial charge in [0.25, 0.3) is 0 Å². The van der Waals surface area contributed by atoms with Gasteiger partial charge >= 0.3 is 6.36 Å². The maximum atomic E-state index is 11.9. The number of fused-ring (bicyclic) bond motifs is 2. The minimum atomic E-state index is -4.50. The molecule has 2 unspecified atom stereocenters. The van der Waals surface area contributed by atoms with Gasteiger partial charge in [-0.2, -0.15) is 0 Å². The van der Waals surface area contributed by atoms with E-state index in [1.165, 1.54) is 12.8 Å². The predicted molar refractivity (Wildman–Crippen MR) is 62.2 cm³/mol. The van der Waals surface area contributed by atoms with Crippen LogP contribution in [0, 0.1) is 0 Å². The molecule has 0 saturated carbocycles. The van der Waals surface area contributed by atoms with E-state index in [1.54, 1.807) is 0 Å².